The van der Waals surface area contributed by atoms with Crippen molar-refractivity contribution >= 4 is 23.6 Å². The second-order valence-electron chi connectivity index (χ2n) is 5.83. The van der Waals surface area contributed by atoms with Crippen molar-refractivity contribution in [3.05, 3.63) is 41.2 Å². The Bertz CT molecular complexity index is 762. The first-order valence-electron chi connectivity index (χ1n) is 7.64. The maximum Gasteiger partial charge on any atom is 0.261 e. The molecule has 2 aliphatic rings. The Kier molecular flexibility index (Phi) is 3.45. The number of benzene rings is 1. The van der Waals surface area contributed by atoms with Crippen LogP contribution in [0.5, 0.6) is 0 Å². The molecule has 1 aliphatic heterocycles. The number of fused-ring (bicyclic) bond motifs is 1. The van der Waals surface area contributed by atoms with Crippen LogP contribution in [0.25, 0.3) is 0 Å². The van der Waals surface area contributed by atoms with Gasteiger partial charge in [0.2, 0.25) is 0 Å². The molecule has 0 radical (unpaired) electrons. The highest BCUT2D eigenvalue weighted by Gasteiger charge is 2.34. The standard InChI is InChI=1S/C16H16N4O2S/c1-19-13(10-6-7-10)17-18-16(19)23-9-8-20-14(21)11-4-2-3-5-12(11)15(20)22/h2-5,10H,6-9H2,1H3. The molecule has 0 unspecified atom stereocenters. The molecule has 2 amide bonds. The van der Waals surface area contributed by atoms with Crippen LogP contribution in [0.2, 0.25) is 0 Å². The summed E-state index contributed by atoms with van der Waals surface area (Å²) in [5.74, 6) is 1.79. The number of hydrogen-bond donors (Lipinski definition) is 0. The summed E-state index contributed by atoms with van der Waals surface area (Å²) in [6.07, 6.45) is 2.37. The van der Waals surface area contributed by atoms with Crippen LogP contribution in [0.1, 0.15) is 45.3 Å². The minimum atomic E-state index is -0.206. The van der Waals surface area contributed by atoms with E-state index in [1.54, 1.807) is 24.3 Å². The van der Waals surface area contributed by atoms with Gasteiger partial charge in [-0.2, -0.15) is 0 Å². The monoisotopic (exact) mass is 328 g/mol. The molecule has 1 aromatic heterocycles. The van der Waals surface area contributed by atoms with Crippen LogP contribution >= 0.6 is 11.8 Å². The number of amides is 2. The van der Waals surface area contributed by atoms with Gasteiger partial charge in [-0.1, -0.05) is 23.9 Å². The fraction of sp³-hybridized carbons (Fsp3) is 0.375. The van der Waals surface area contributed by atoms with Crippen LogP contribution in [0, 0.1) is 0 Å². The zero-order valence-electron chi connectivity index (χ0n) is 12.7. The van der Waals surface area contributed by atoms with Gasteiger partial charge >= 0.3 is 0 Å². The van der Waals surface area contributed by atoms with Gasteiger partial charge in [-0.15, -0.1) is 10.2 Å². The summed E-state index contributed by atoms with van der Waals surface area (Å²) >= 11 is 1.53. The highest BCUT2D eigenvalue weighted by molar-refractivity contribution is 7.99. The van der Waals surface area contributed by atoms with Crippen molar-refractivity contribution in [3.8, 4) is 0 Å². The summed E-state index contributed by atoms with van der Waals surface area (Å²) < 4.78 is 2.02. The van der Waals surface area contributed by atoms with Gasteiger partial charge < -0.3 is 4.57 Å². The van der Waals surface area contributed by atoms with E-state index in [0.717, 1.165) is 11.0 Å². The predicted molar refractivity (Wildman–Crippen MR) is 85.5 cm³/mol. The summed E-state index contributed by atoms with van der Waals surface area (Å²) in [6.45, 7) is 0.378. The van der Waals surface area contributed by atoms with Gasteiger partial charge in [0, 0.05) is 25.3 Å². The Morgan fingerprint density at radius 2 is 1.78 bits per heavy atom. The molecule has 4 rings (SSSR count). The van der Waals surface area contributed by atoms with Crippen LogP contribution in [-0.2, 0) is 7.05 Å². The van der Waals surface area contributed by atoms with Gasteiger partial charge in [0.25, 0.3) is 11.8 Å². The van der Waals surface area contributed by atoms with Crippen LogP contribution in [0.3, 0.4) is 0 Å². The third-order valence-corrected chi connectivity index (χ3v) is 5.24. The Morgan fingerprint density at radius 3 is 2.39 bits per heavy atom. The molecule has 6 nitrogen and oxygen atoms in total. The molecule has 2 aromatic rings. The van der Waals surface area contributed by atoms with Crippen molar-refractivity contribution in [2.75, 3.05) is 12.3 Å². The molecule has 1 aliphatic carbocycles. The lowest BCUT2D eigenvalue weighted by molar-refractivity contribution is 0.0664. The van der Waals surface area contributed by atoms with Crippen molar-refractivity contribution in [2.24, 2.45) is 7.05 Å². The molecule has 0 N–H and O–H groups in total. The van der Waals surface area contributed by atoms with E-state index in [9.17, 15) is 9.59 Å². The summed E-state index contributed by atoms with van der Waals surface area (Å²) in [5, 5.41) is 9.28. The first-order valence-corrected chi connectivity index (χ1v) is 8.62. The zero-order chi connectivity index (χ0) is 16.0. The van der Waals surface area contributed by atoms with Gasteiger partial charge in [0.1, 0.15) is 5.82 Å². The van der Waals surface area contributed by atoms with Gasteiger partial charge in [-0.25, -0.2) is 0 Å². The molecule has 0 saturated heterocycles. The van der Waals surface area contributed by atoms with Gasteiger partial charge in [0.05, 0.1) is 11.1 Å². The van der Waals surface area contributed by atoms with E-state index >= 15 is 0 Å². The molecule has 1 aromatic carbocycles. The first kappa shape index (κ1) is 14.4. The van der Waals surface area contributed by atoms with Crippen LogP contribution in [0.15, 0.2) is 29.4 Å². The van der Waals surface area contributed by atoms with E-state index in [4.69, 9.17) is 0 Å². The quantitative estimate of drug-likeness (QED) is 0.621. The topological polar surface area (TPSA) is 68.1 Å². The average Bonchev–Trinajstić information content (AvgIpc) is 3.30. The second-order valence-corrected chi connectivity index (χ2v) is 6.89. The molecule has 2 heterocycles. The third kappa shape index (κ3) is 2.45. The number of carbonyl (C=O) groups is 2. The van der Waals surface area contributed by atoms with E-state index in [-0.39, 0.29) is 11.8 Å². The van der Waals surface area contributed by atoms with E-state index in [1.807, 2.05) is 11.6 Å². The van der Waals surface area contributed by atoms with E-state index in [2.05, 4.69) is 10.2 Å². The smallest absolute Gasteiger partial charge is 0.261 e. The number of imide groups is 1. The molecule has 118 valence electrons. The van der Waals surface area contributed by atoms with Crippen molar-refractivity contribution in [1.82, 2.24) is 19.7 Å². The van der Waals surface area contributed by atoms with Crippen LogP contribution < -0.4 is 0 Å². The Labute approximate surface area is 137 Å². The summed E-state index contributed by atoms with van der Waals surface area (Å²) in [6, 6.07) is 6.96. The number of nitrogens with zero attached hydrogens (tertiary/aromatic N) is 4. The molecular weight excluding hydrogens is 312 g/mol. The van der Waals surface area contributed by atoms with Crippen molar-refractivity contribution in [3.63, 3.8) is 0 Å². The summed E-state index contributed by atoms with van der Waals surface area (Å²) in [4.78, 5) is 25.9. The first-order chi connectivity index (χ1) is 11.2. The fourth-order valence-corrected chi connectivity index (χ4v) is 3.66. The lowest BCUT2D eigenvalue weighted by Gasteiger charge is -2.13. The molecule has 0 bridgehead atoms. The lowest BCUT2D eigenvalue weighted by atomic mass is 10.1. The van der Waals surface area contributed by atoms with Gasteiger partial charge in [0.15, 0.2) is 5.16 Å². The van der Waals surface area contributed by atoms with E-state index < -0.39 is 0 Å². The normalized spacial score (nSPS) is 17.0. The molecule has 1 saturated carbocycles. The lowest BCUT2D eigenvalue weighted by Crippen LogP contribution is -2.31. The second kappa shape index (κ2) is 5.49. The zero-order valence-corrected chi connectivity index (χ0v) is 13.5. The molecule has 1 fully saturated rings. The van der Waals surface area contributed by atoms with Crippen LogP contribution in [0.4, 0.5) is 0 Å². The number of aromatic nitrogens is 3. The molecule has 0 atom stereocenters. The Hall–Kier alpha value is -2.15. The van der Waals surface area contributed by atoms with Gasteiger partial charge in [-0.3, -0.25) is 14.5 Å². The number of carbonyl (C=O) groups excluding carboxylic acids is 2. The largest absolute Gasteiger partial charge is 0.309 e. The highest BCUT2D eigenvalue weighted by atomic mass is 32.2. The molecular formula is C16H16N4O2S. The van der Waals surface area contributed by atoms with Crippen molar-refractivity contribution in [2.45, 2.75) is 23.9 Å². The number of rotatable bonds is 5. The summed E-state index contributed by atoms with van der Waals surface area (Å²) in [5.41, 5.74) is 0.995. The molecule has 7 heteroatoms. The maximum absolute atomic E-state index is 12.3. The number of hydrogen-bond acceptors (Lipinski definition) is 5. The highest BCUT2D eigenvalue weighted by Crippen LogP contribution is 2.39. The Morgan fingerprint density at radius 1 is 1.13 bits per heavy atom. The van der Waals surface area contributed by atoms with Crippen molar-refractivity contribution < 1.29 is 9.59 Å². The maximum atomic E-state index is 12.3. The van der Waals surface area contributed by atoms with Crippen LogP contribution in [-0.4, -0.2) is 43.8 Å². The summed E-state index contributed by atoms with van der Waals surface area (Å²) in [7, 11) is 1.97. The predicted octanol–water partition coefficient (Wildman–Crippen LogP) is 2.08. The fourth-order valence-electron chi connectivity index (χ4n) is 2.82. The minimum Gasteiger partial charge on any atom is -0.309 e. The third-order valence-electron chi connectivity index (χ3n) is 4.24. The molecule has 23 heavy (non-hydrogen) atoms. The average molecular weight is 328 g/mol. The SMILES string of the molecule is Cn1c(SCCN2C(=O)c3ccccc3C2=O)nnc1C1CC1. The van der Waals surface area contributed by atoms with E-state index in [0.29, 0.717) is 29.3 Å². The van der Waals surface area contributed by atoms with Gasteiger partial charge in [-0.05, 0) is 25.0 Å². The number of thioether (sulfide) groups is 1. The molecule has 0 spiro atoms. The Balaban J connectivity index is 1.41. The minimum absolute atomic E-state index is 0.206. The van der Waals surface area contributed by atoms with Crippen molar-refractivity contribution in [1.29, 1.82) is 0 Å². The van der Waals surface area contributed by atoms with E-state index in [1.165, 1.54) is 29.5 Å².